The van der Waals surface area contributed by atoms with Gasteiger partial charge in [0.25, 0.3) is 5.91 Å². The zero-order valence-electron chi connectivity index (χ0n) is 8.41. The van der Waals surface area contributed by atoms with Crippen molar-refractivity contribution in [2.45, 2.75) is 19.1 Å². The molecule has 9 heteroatoms. The van der Waals surface area contributed by atoms with Crippen molar-refractivity contribution in [1.29, 1.82) is 0 Å². The molecule has 17 heavy (non-hydrogen) atoms. The molecule has 0 aliphatic carbocycles. The van der Waals surface area contributed by atoms with Crippen molar-refractivity contribution in [3.05, 3.63) is 16.1 Å². The normalized spacial score (nSPS) is 13.2. The lowest BCUT2D eigenvalue weighted by Crippen LogP contribution is -2.38. The van der Waals surface area contributed by atoms with Gasteiger partial charge in [-0.25, -0.2) is 4.98 Å². The number of alkyl halides is 3. The van der Waals surface area contributed by atoms with Crippen molar-refractivity contribution in [3.63, 3.8) is 0 Å². The van der Waals surface area contributed by atoms with Crippen LogP contribution in [0.5, 0.6) is 0 Å². The molecule has 0 aromatic carbocycles. The number of nitrogens with one attached hydrogen (secondary N) is 1. The summed E-state index contributed by atoms with van der Waals surface area (Å²) in [5.41, 5.74) is -0.449. The molecule has 1 heterocycles. The van der Waals surface area contributed by atoms with Crippen molar-refractivity contribution >= 4 is 23.2 Å². The van der Waals surface area contributed by atoms with E-state index in [2.05, 4.69) is 4.98 Å². The Labute approximate surface area is 97.3 Å². The number of hydrogen-bond acceptors (Lipinski definition) is 4. The summed E-state index contributed by atoms with van der Waals surface area (Å²) in [7, 11) is 0. The fraction of sp³-hybridized carbons (Fsp3) is 0.375. The van der Waals surface area contributed by atoms with E-state index in [9.17, 15) is 22.8 Å². The lowest BCUT2D eigenvalue weighted by atomic mass is 10.3. The molecule has 0 saturated carbocycles. The molecule has 0 bridgehead atoms. The van der Waals surface area contributed by atoms with Crippen LogP contribution in [-0.2, 0) is 11.0 Å². The Balaban J connectivity index is 2.78. The number of carboxylic acid groups (broad SMARTS) is 1. The number of aromatic nitrogens is 1. The van der Waals surface area contributed by atoms with Gasteiger partial charge in [0.05, 0.1) is 0 Å². The molecule has 94 valence electrons. The molecule has 0 fully saturated rings. The molecule has 0 aliphatic heterocycles. The van der Waals surface area contributed by atoms with Crippen LogP contribution >= 0.6 is 11.3 Å². The van der Waals surface area contributed by atoms with Crippen LogP contribution < -0.4 is 5.32 Å². The van der Waals surface area contributed by atoms with Gasteiger partial charge in [-0.3, -0.25) is 9.59 Å². The summed E-state index contributed by atoms with van der Waals surface area (Å²) in [5, 5.41) is 10.3. The van der Waals surface area contributed by atoms with E-state index in [1.54, 1.807) is 0 Å². The zero-order chi connectivity index (χ0) is 13.2. The zero-order valence-corrected chi connectivity index (χ0v) is 9.22. The standard InChI is InChI=1S/C8H7F3N2O3S/c1-3(6(15)16)12-5(14)4-2-17-7(13-4)8(9,10)11/h2-3H,1H3,(H,12,14)(H,15,16)/t3-/m1/s1. The third kappa shape index (κ3) is 3.41. The topological polar surface area (TPSA) is 79.3 Å². The monoisotopic (exact) mass is 268 g/mol. The molecule has 1 amide bonds. The highest BCUT2D eigenvalue weighted by Gasteiger charge is 2.35. The Hall–Kier alpha value is -1.64. The van der Waals surface area contributed by atoms with E-state index in [1.807, 2.05) is 5.32 Å². The van der Waals surface area contributed by atoms with Gasteiger partial charge in [-0.05, 0) is 6.92 Å². The van der Waals surface area contributed by atoms with Crippen LogP contribution in [0.3, 0.4) is 0 Å². The summed E-state index contributed by atoms with van der Waals surface area (Å²) in [4.78, 5) is 24.8. The summed E-state index contributed by atoms with van der Waals surface area (Å²) in [6.45, 7) is 1.19. The molecule has 2 N–H and O–H groups in total. The Morgan fingerprint density at radius 1 is 1.53 bits per heavy atom. The van der Waals surface area contributed by atoms with Crippen molar-refractivity contribution in [2.75, 3.05) is 0 Å². The van der Waals surface area contributed by atoms with Gasteiger partial charge >= 0.3 is 12.1 Å². The van der Waals surface area contributed by atoms with E-state index in [-0.39, 0.29) is 11.3 Å². The number of amides is 1. The number of hydrogen-bond donors (Lipinski definition) is 2. The highest BCUT2D eigenvalue weighted by molar-refractivity contribution is 7.09. The molecule has 1 atom stereocenters. The molecular formula is C8H7F3N2O3S. The number of carbonyl (C=O) groups excluding carboxylic acids is 1. The molecule has 5 nitrogen and oxygen atoms in total. The lowest BCUT2D eigenvalue weighted by Gasteiger charge is -2.07. The lowest BCUT2D eigenvalue weighted by molar-refractivity contribution is -0.139. The second kappa shape index (κ2) is 4.70. The predicted octanol–water partition coefficient (Wildman–Crippen LogP) is 1.36. The Morgan fingerprint density at radius 3 is 2.53 bits per heavy atom. The molecule has 1 aromatic rings. The molecule has 1 rings (SSSR count). The Kier molecular flexibility index (Phi) is 3.71. The SMILES string of the molecule is C[C@@H](NC(=O)c1csc(C(F)(F)F)n1)C(=O)O. The summed E-state index contributed by atoms with van der Waals surface area (Å²) in [6.07, 6.45) is -4.61. The fourth-order valence-electron chi connectivity index (χ4n) is 0.841. The number of carbonyl (C=O) groups is 2. The average Bonchev–Trinajstić information content (AvgIpc) is 2.65. The number of nitrogens with zero attached hydrogens (tertiary/aromatic N) is 1. The van der Waals surface area contributed by atoms with Gasteiger partial charge in [0.2, 0.25) is 0 Å². The van der Waals surface area contributed by atoms with Crippen LogP contribution in [0.2, 0.25) is 0 Å². The first-order valence-electron chi connectivity index (χ1n) is 4.28. The van der Waals surface area contributed by atoms with Crippen LogP contribution in [0.25, 0.3) is 0 Å². The summed E-state index contributed by atoms with van der Waals surface area (Å²) < 4.78 is 36.5. The second-order valence-corrected chi connectivity index (χ2v) is 3.93. The van der Waals surface area contributed by atoms with Crippen molar-refractivity contribution < 1.29 is 27.9 Å². The molecule has 0 radical (unpaired) electrons. The Bertz CT molecular complexity index is 443. The van der Waals surface area contributed by atoms with Gasteiger partial charge in [-0.1, -0.05) is 0 Å². The predicted molar refractivity (Wildman–Crippen MR) is 51.7 cm³/mol. The number of halogens is 3. The van der Waals surface area contributed by atoms with Crippen LogP contribution in [0.15, 0.2) is 5.38 Å². The van der Waals surface area contributed by atoms with Gasteiger partial charge < -0.3 is 10.4 Å². The smallest absolute Gasteiger partial charge is 0.443 e. The molecule has 0 saturated heterocycles. The van der Waals surface area contributed by atoms with Crippen molar-refractivity contribution in [1.82, 2.24) is 10.3 Å². The van der Waals surface area contributed by atoms with Gasteiger partial charge in [0, 0.05) is 5.38 Å². The number of carboxylic acids is 1. The minimum absolute atomic E-state index is 0.276. The summed E-state index contributed by atoms with van der Waals surface area (Å²) in [6, 6.07) is -1.20. The van der Waals surface area contributed by atoms with Crippen LogP contribution in [-0.4, -0.2) is 28.0 Å². The van der Waals surface area contributed by atoms with Crippen molar-refractivity contribution in [2.24, 2.45) is 0 Å². The molecule has 0 unspecified atom stereocenters. The van der Waals surface area contributed by atoms with E-state index in [4.69, 9.17) is 5.11 Å². The number of aliphatic carboxylic acids is 1. The average molecular weight is 268 g/mol. The van der Waals surface area contributed by atoms with E-state index in [0.717, 1.165) is 5.38 Å². The maximum Gasteiger partial charge on any atom is 0.443 e. The maximum absolute atomic E-state index is 12.2. The molecule has 1 aromatic heterocycles. The van der Waals surface area contributed by atoms with Crippen LogP contribution in [0, 0.1) is 0 Å². The minimum atomic E-state index is -4.61. The first kappa shape index (κ1) is 13.4. The molecule has 0 aliphatic rings. The fourth-order valence-corrected chi connectivity index (χ4v) is 1.51. The van der Waals surface area contributed by atoms with Crippen LogP contribution in [0.1, 0.15) is 22.4 Å². The minimum Gasteiger partial charge on any atom is -0.480 e. The Morgan fingerprint density at radius 2 is 2.12 bits per heavy atom. The summed E-state index contributed by atoms with van der Waals surface area (Å²) in [5.74, 6) is -2.24. The van der Waals surface area contributed by atoms with E-state index in [0.29, 0.717) is 0 Å². The van der Waals surface area contributed by atoms with Gasteiger partial charge in [-0.15, -0.1) is 11.3 Å². The summed E-state index contributed by atoms with van der Waals surface area (Å²) >= 11 is 0.276. The molecular weight excluding hydrogens is 261 g/mol. The van der Waals surface area contributed by atoms with E-state index in [1.165, 1.54) is 6.92 Å². The number of thiazole rings is 1. The van der Waals surface area contributed by atoms with Gasteiger partial charge in [0.1, 0.15) is 11.7 Å². The highest BCUT2D eigenvalue weighted by Crippen LogP contribution is 2.31. The second-order valence-electron chi connectivity index (χ2n) is 3.07. The van der Waals surface area contributed by atoms with Gasteiger partial charge in [0.15, 0.2) is 5.01 Å². The van der Waals surface area contributed by atoms with E-state index >= 15 is 0 Å². The quantitative estimate of drug-likeness (QED) is 0.867. The largest absolute Gasteiger partial charge is 0.480 e. The van der Waals surface area contributed by atoms with Crippen molar-refractivity contribution in [3.8, 4) is 0 Å². The van der Waals surface area contributed by atoms with Crippen LogP contribution in [0.4, 0.5) is 13.2 Å². The molecule has 0 spiro atoms. The van der Waals surface area contributed by atoms with E-state index < -0.39 is 34.8 Å². The first-order valence-corrected chi connectivity index (χ1v) is 5.16. The third-order valence-corrected chi connectivity index (χ3v) is 2.58. The first-order chi connectivity index (χ1) is 7.71. The highest BCUT2D eigenvalue weighted by atomic mass is 32.1. The van der Waals surface area contributed by atoms with Gasteiger partial charge in [-0.2, -0.15) is 13.2 Å². The maximum atomic E-state index is 12.2. The number of rotatable bonds is 3. The third-order valence-electron chi connectivity index (χ3n) is 1.70.